The minimum atomic E-state index is -0.0337. The molecule has 1 aliphatic rings. The van der Waals surface area contributed by atoms with Gasteiger partial charge in [-0.25, -0.2) is 0 Å². The van der Waals surface area contributed by atoms with Crippen molar-refractivity contribution in [2.75, 3.05) is 18.9 Å². The number of ether oxygens (including phenoxy) is 1. The monoisotopic (exact) mass is 395 g/mol. The van der Waals surface area contributed by atoms with Gasteiger partial charge in [-0.1, -0.05) is 30.0 Å². The molecule has 1 saturated heterocycles. The molecule has 1 fully saturated rings. The third kappa shape index (κ3) is 4.40. The van der Waals surface area contributed by atoms with Gasteiger partial charge in [0, 0.05) is 36.8 Å². The van der Waals surface area contributed by atoms with Gasteiger partial charge in [0.2, 0.25) is 5.91 Å². The number of benzene rings is 1. The van der Waals surface area contributed by atoms with Crippen LogP contribution in [0, 0.1) is 0 Å². The first-order valence-electron chi connectivity index (χ1n) is 9.23. The second kappa shape index (κ2) is 8.99. The standard InChI is InChI=1S/C20H21N5O2S/c26-18(22-13-17-7-4-12-27-17)14-28-20-24-23-19(15-8-10-21-11-9-15)25(20)16-5-2-1-3-6-16/h1-3,5-6,8-11,17H,4,7,12-14H2,(H,22,26). The third-order valence-corrected chi connectivity index (χ3v) is 5.40. The fourth-order valence-electron chi connectivity index (χ4n) is 3.08. The predicted molar refractivity (Wildman–Crippen MR) is 107 cm³/mol. The van der Waals surface area contributed by atoms with E-state index in [4.69, 9.17) is 4.74 Å². The lowest BCUT2D eigenvalue weighted by Crippen LogP contribution is -2.32. The topological polar surface area (TPSA) is 81.9 Å². The van der Waals surface area contributed by atoms with Gasteiger partial charge in [-0.15, -0.1) is 10.2 Å². The SMILES string of the molecule is O=C(CSc1nnc(-c2ccncc2)n1-c1ccccc1)NCC1CCCO1. The Hall–Kier alpha value is -2.71. The maximum atomic E-state index is 12.2. The zero-order valence-corrected chi connectivity index (χ0v) is 16.1. The van der Waals surface area contributed by atoms with Crippen molar-refractivity contribution in [2.24, 2.45) is 0 Å². The Balaban J connectivity index is 1.50. The summed E-state index contributed by atoms with van der Waals surface area (Å²) in [5.41, 5.74) is 1.86. The van der Waals surface area contributed by atoms with Gasteiger partial charge in [0.05, 0.1) is 11.9 Å². The van der Waals surface area contributed by atoms with Crippen LogP contribution in [0.15, 0.2) is 60.0 Å². The Kier molecular flexibility index (Phi) is 5.98. The summed E-state index contributed by atoms with van der Waals surface area (Å²) in [6, 6.07) is 13.7. The predicted octanol–water partition coefficient (Wildman–Crippen LogP) is 2.72. The summed E-state index contributed by atoms with van der Waals surface area (Å²) in [7, 11) is 0. The summed E-state index contributed by atoms with van der Waals surface area (Å²) in [4.78, 5) is 16.3. The van der Waals surface area contributed by atoms with Gasteiger partial charge in [-0.2, -0.15) is 0 Å². The summed E-state index contributed by atoms with van der Waals surface area (Å²) >= 11 is 1.37. The van der Waals surface area contributed by atoms with E-state index in [1.54, 1.807) is 12.4 Å². The molecule has 3 aromatic rings. The number of hydrogen-bond acceptors (Lipinski definition) is 6. The Morgan fingerprint density at radius 1 is 1.18 bits per heavy atom. The molecular weight excluding hydrogens is 374 g/mol. The van der Waals surface area contributed by atoms with E-state index >= 15 is 0 Å². The fraction of sp³-hybridized carbons (Fsp3) is 0.300. The molecule has 1 unspecified atom stereocenters. The number of pyridine rings is 1. The zero-order valence-electron chi connectivity index (χ0n) is 15.3. The molecule has 0 radical (unpaired) electrons. The molecule has 1 atom stereocenters. The Morgan fingerprint density at radius 2 is 2.00 bits per heavy atom. The first-order valence-corrected chi connectivity index (χ1v) is 10.2. The summed E-state index contributed by atoms with van der Waals surface area (Å²) in [5.74, 6) is 0.957. The quantitative estimate of drug-likeness (QED) is 0.620. The first kappa shape index (κ1) is 18.6. The van der Waals surface area contributed by atoms with Gasteiger partial charge >= 0.3 is 0 Å². The molecule has 144 valence electrons. The Morgan fingerprint density at radius 3 is 2.75 bits per heavy atom. The highest BCUT2D eigenvalue weighted by molar-refractivity contribution is 7.99. The summed E-state index contributed by atoms with van der Waals surface area (Å²) < 4.78 is 7.51. The molecule has 2 aromatic heterocycles. The molecule has 0 spiro atoms. The van der Waals surface area contributed by atoms with Crippen LogP contribution in [0.4, 0.5) is 0 Å². The molecule has 1 N–H and O–H groups in total. The summed E-state index contributed by atoms with van der Waals surface area (Å²) in [6.45, 7) is 1.35. The molecular formula is C20H21N5O2S. The van der Waals surface area contributed by atoms with Crippen LogP contribution in [-0.2, 0) is 9.53 Å². The fourth-order valence-corrected chi connectivity index (χ4v) is 3.86. The van der Waals surface area contributed by atoms with Crippen LogP contribution >= 0.6 is 11.8 Å². The van der Waals surface area contributed by atoms with Gasteiger partial charge < -0.3 is 10.1 Å². The number of rotatable bonds is 7. The minimum absolute atomic E-state index is 0.0337. The number of nitrogens with zero attached hydrogens (tertiary/aromatic N) is 4. The Bertz CT molecular complexity index is 911. The zero-order chi connectivity index (χ0) is 19.2. The highest BCUT2D eigenvalue weighted by atomic mass is 32.2. The largest absolute Gasteiger partial charge is 0.376 e. The van der Waals surface area contributed by atoms with E-state index in [-0.39, 0.29) is 17.8 Å². The maximum Gasteiger partial charge on any atom is 0.230 e. The van der Waals surface area contributed by atoms with Crippen molar-refractivity contribution < 1.29 is 9.53 Å². The number of carbonyl (C=O) groups is 1. The number of thioether (sulfide) groups is 1. The molecule has 8 heteroatoms. The van der Waals surface area contributed by atoms with E-state index in [1.807, 2.05) is 47.0 Å². The lowest BCUT2D eigenvalue weighted by molar-refractivity contribution is -0.119. The Labute approximate surface area is 167 Å². The molecule has 0 aliphatic carbocycles. The molecule has 1 aromatic carbocycles. The van der Waals surface area contributed by atoms with Gasteiger partial charge in [-0.05, 0) is 37.1 Å². The minimum Gasteiger partial charge on any atom is -0.376 e. The molecule has 0 bridgehead atoms. The van der Waals surface area contributed by atoms with Crippen LogP contribution in [0.1, 0.15) is 12.8 Å². The summed E-state index contributed by atoms with van der Waals surface area (Å²) in [5, 5.41) is 12.3. The van der Waals surface area contributed by atoms with Gasteiger partial charge in [0.1, 0.15) is 0 Å². The molecule has 0 saturated carbocycles. The number of aromatic nitrogens is 4. The second-order valence-electron chi connectivity index (χ2n) is 6.44. The molecule has 1 amide bonds. The molecule has 4 rings (SSSR count). The van der Waals surface area contributed by atoms with Crippen molar-refractivity contribution in [3.05, 3.63) is 54.9 Å². The first-order chi connectivity index (χ1) is 13.8. The van der Waals surface area contributed by atoms with Crippen LogP contribution in [0.2, 0.25) is 0 Å². The normalized spacial score (nSPS) is 16.2. The summed E-state index contributed by atoms with van der Waals surface area (Å²) in [6.07, 6.45) is 5.66. The van der Waals surface area contributed by atoms with Crippen molar-refractivity contribution in [3.63, 3.8) is 0 Å². The number of carbonyl (C=O) groups excluding carboxylic acids is 1. The smallest absolute Gasteiger partial charge is 0.230 e. The van der Waals surface area contributed by atoms with Crippen LogP contribution in [0.5, 0.6) is 0 Å². The lowest BCUT2D eigenvalue weighted by atomic mass is 10.2. The van der Waals surface area contributed by atoms with E-state index in [0.717, 1.165) is 36.5 Å². The number of hydrogen-bond donors (Lipinski definition) is 1. The highest BCUT2D eigenvalue weighted by Crippen LogP contribution is 2.27. The van der Waals surface area contributed by atoms with Crippen molar-refractivity contribution in [1.82, 2.24) is 25.1 Å². The van der Waals surface area contributed by atoms with Crippen LogP contribution < -0.4 is 5.32 Å². The number of nitrogens with one attached hydrogen (secondary N) is 1. The van der Waals surface area contributed by atoms with Crippen molar-refractivity contribution in [1.29, 1.82) is 0 Å². The van der Waals surface area contributed by atoms with Crippen LogP contribution in [0.25, 0.3) is 17.1 Å². The average Bonchev–Trinajstić information content (AvgIpc) is 3.42. The van der Waals surface area contributed by atoms with Crippen LogP contribution in [-0.4, -0.2) is 50.7 Å². The average molecular weight is 395 g/mol. The van der Waals surface area contributed by atoms with Crippen LogP contribution in [0.3, 0.4) is 0 Å². The van der Waals surface area contributed by atoms with Gasteiger partial charge in [0.15, 0.2) is 11.0 Å². The number of amides is 1. The van der Waals surface area contributed by atoms with E-state index in [1.165, 1.54) is 11.8 Å². The molecule has 3 heterocycles. The number of para-hydroxylation sites is 1. The van der Waals surface area contributed by atoms with Crippen molar-refractivity contribution in [3.8, 4) is 17.1 Å². The van der Waals surface area contributed by atoms with Gasteiger partial charge in [-0.3, -0.25) is 14.3 Å². The van der Waals surface area contributed by atoms with E-state index in [9.17, 15) is 4.79 Å². The van der Waals surface area contributed by atoms with E-state index in [0.29, 0.717) is 11.7 Å². The van der Waals surface area contributed by atoms with Gasteiger partial charge in [0.25, 0.3) is 0 Å². The molecule has 28 heavy (non-hydrogen) atoms. The highest BCUT2D eigenvalue weighted by Gasteiger charge is 2.19. The van der Waals surface area contributed by atoms with E-state index in [2.05, 4.69) is 20.5 Å². The second-order valence-corrected chi connectivity index (χ2v) is 7.38. The van der Waals surface area contributed by atoms with E-state index < -0.39 is 0 Å². The van der Waals surface area contributed by atoms with Crippen molar-refractivity contribution >= 4 is 17.7 Å². The van der Waals surface area contributed by atoms with Crippen molar-refractivity contribution in [2.45, 2.75) is 24.1 Å². The molecule has 7 nitrogen and oxygen atoms in total. The lowest BCUT2D eigenvalue weighted by Gasteiger charge is -2.12. The maximum absolute atomic E-state index is 12.2. The molecule has 1 aliphatic heterocycles. The third-order valence-electron chi connectivity index (χ3n) is 4.47.